The minimum Gasteiger partial charge on any atom is -0.373 e. The van der Waals surface area contributed by atoms with E-state index in [4.69, 9.17) is 11.6 Å². The Labute approximate surface area is 198 Å². The summed E-state index contributed by atoms with van der Waals surface area (Å²) in [5.41, 5.74) is 0.504. The number of pyridine rings is 2. The fraction of sp³-hybridized carbons (Fsp3) is 0.125. The number of anilines is 3. The Morgan fingerprint density at radius 2 is 1.76 bits per heavy atom. The van der Waals surface area contributed by atoms with Crippen LogP contribution in [0.1, 0.15) is 6.92 Å². The Morgan fingerprint density at radius 3 is 2.47 bits per heavy atom. The molecule has 4 aromatic rings. The van der Waals surface area contributed by atoms with Crippen molar-refractivity contribution in [3.05, 3.63) is 81.7 Å². The van der Waals surface area contributed by atoms with Crippen LogP contribution in [0, 0.1) is 11.6 Å². The van der Waals surface area contributed by atoms with Crippen LogP contribution >= 0.6 is 11.6 Å². The fourth-order valence-electron chi connectivity index (χ4n) is 3.61. The smallest absolute Gasteiger partial charge is 0.323 e. The highest BCUT2D eigenvalue weighted by molar-refractivity contribution is 6.33. The van der Waals surface area contributed by atoms with Gasteiger partial charge in [-0.3, -0.25) is 4.79 Å². The molecule has 4 rings (SSSR count). The average Bonchev–Trinajstić information content (AvgIpc) is 2.82. The van der Waals surface area contributed by atoms with Gasteiger partial charge in [0.1, 0.15) is 17.5 Å². The lowest BCUT2D eigenvalue weighted by molar-refractivity contribution is 0.262. The summed E-state index contributed by atoms with van der Waals surface area (Å²) in [5.74, 6) is -0.843. The standard InChI is InChI=1S/C24H20ClF2N5O2/c1-3-32-21-11-22(28-2)29-12-13(21)8-15(23(32)33)14-9-20(18(27)10-16(14)25)31-24(34)30-19-7-5-4-6-17(19)26/h4-12H,3H2,1-2H3,(H,28,29)(H2,30,31,34). The van der Waals surface area contributed by atoms with Crippen molar-refractivity contribution in [1.82, 2.24) is 9.55 Å². The third kappa shape index (κ3) is 4.42. The molecule has 0 aliphatic heterocycles. The molecule has 0 aliphatic rings. The summed E-state index contributed by atoms with van der Waals surface area (Å²) in [6.07, 6.45) is 1.62. The molecule has 2 amide bonds. The highest BCUT2D eigenvalue weighted by atomic mass is 35.5. The average molecular weight is 484 g/mol. The number of amides is 2. The fourth-order valence-corrected chi connectivity index (χ4v) is 3.86. The predicted octanol–water partition coefficient (Wildman–Crippen LogP) is 5.70. The van der Waals surface area contributed by atoms with Crippen molar-refractivity contribution in [1.29, 1.82) is 0 Å². The number of fused-ring (bicyclic) bond motifs is 1. The minimum atomic E-state index is -0.856. The Balaban J connectivity index is 1.76. The zero-order valence-corrected chi connectivity index (χ0v) is 19.0. The molecule has 0 radical (unpaired) electrons. The first-order valence-electron chi connectivity index (χ1n) is 10.4. The molecule has 2 aromatic heterocycles. The molecule has 0 aliphatic carbocycles. The van der Waals surface area contributed by atoms with Gasteiger partial charge in [0, 0.05) is 42.4 Å². The second kappa shape index (κ2) is 9.48. The summed E-state index contributed by atoms with van der Waals surface area (Å²) in [7, 11) is 1.73. The van der Waals surface area contributed by atoms with Gasteiger partial charge >= 0.3 is 6.03 Å². The summed E-state index contributed by atoms with van der Waals surface area (Å²) in [6, 6.07) is 10.4. The van der Waals surface area contributed by atoms with Crippen LogP contribution in [0.15, 0.2) is 59.5 Å². The molecule has 174 valence electrons. The molecule has 0 saturated heterocycles. The van der Waals surface area contributed by atoms with Gasteiger partial charge in [0.2, 0.25) is 0 Å². The Bertz CT molecular complexity index is 1470. The summed E-state index contributed by atoms with van der Waals surface area (Å²) in [6.45, 7) is 2.21. The zero-order chi connectivity index (χ0) is 24.4. The van der Waals surface area contributed by atoms with E-state index < -0.39 is 17.7 Å². The Kier molecular flexibility index (Phi) is 6.47. The van der Waals surface area contributed by atoms with Crippen LogP contribution in [-0.2, 0) is 6.54 Å². The second-order valence-corrected chi connectivity index (χ2v) is 7.76. The van der Waals surface area contributed by atoms with Gasteiger partial charge in [-0.1, -0.05) is 23.7 Å². The highest BCUT2D eigenvalue weighted by Crippen LogP contribution is 2.32. The monoisotopic (exact) mass is 483 g/mol. The molecule has 34 heavy (non-hydrogen) atoms. The molecule has 0 atom stereocenters. The van der Waals surface area contributed by atoms with Crippen molar-refractivity contribution in [3.8, 4) is 11.1 Å². The molecular formula is C24H20ClF2N5O2. The molecule has 0 spiro atoms. The van der Waals surface area contributed by atoms with E-state index >= 15 is 0 Å². The molecule has 2 heterocycles. The molecule has 10 heteroatoms. The van der Waals surface area contributed by atoms with Gasteiger partial charge in [-0.25, -0.2) is 18.6 Å². The number of hydrogen-bond acceptors (Lipinski definition) is 4. The second-order valence-electron chi connectivity index (χ2n) is 7.36. The Hall–Kier alpha value is -3.98. The number of nitrogens with zero attached hydrogens (tertiary/aromatic N) is 2. The first kappa shape index (κ1) is 23.2. The maximum atomic E-state index is 14.6. The molecular weight excluding hydrogens is 464 g/mol. The third-order valence-corrected chi connectivity index (χ3v) is 5.58. The molecule has 3 N–H and O–H groups in total. The first-order chi connectivity index (χ1) is 16.3. The lowest BCUT2D eigenvalue weighted by Crippen LogP contribution is -2.22. The highest BCUT2D eigenvalue weighted by Gasteiger charge is 2.18. The van der Waals surface area contributed by atoms with Crippen LogP contribution in [0.25, 0.3) is 22.0 Å². The van der Waals surface area contributed by atoms with Gasteiger partial charge in [0.15, 0.2) is 0 Å². The molecule has 0 saturated carbocycles. The van der Waals surface area contributed by atoms with E-state index in [1.165, 1.54) is 24.3 Å². The number of halogens is 3. The van der Waals surface area contributed by atoms with Crippen molar-refractivity contribution in [2.24, 2.45) is 0 Å². The van der Waals surface area contributed by atoms with E-state index in [0.717, 1.165) is 6.07 Å². The SMILES string of the molecule is CCn1c(=O)c(-c2cc(NC(=O)Nc3ccccc3F)c(F)cc2Cl)cc2cnc(NC)cc21. The maximum absolute atomic E-state index is 14.6. The molecule has 0 bridgehead atoms. The van der Waals surface area contributed by atoms with E-state index in [1.807, 2.05) is 6.92 Å². The maximum Gasteiger partial charge on any atom is 0.323 e. The van der Waals surface area contributed by atoms with Crippen molar-refractivity contribution >= 4 is 45.7 Å². The van der Waals surface area contributed by atoms with Gasteiger partial charge in [0.25, 0.3) is 5.56 Å². The van der Waals surface area contributed by atoms with Gasteiger partial charge in [-0.05, 0) is 37.3 Å². The number of rotatable bonds is 5. The van der Waals surface area contributed by atoms with Gasteiger partial charge in [-0.2, -0.15) is 0 Å². The van der Waals surface area contributed by atoms with Crippen LogP contribution in [0.5, 0.6) is 0 Å². The van der Waals surface area contributed by atoms with Crippen LogP contribution in [-0.4, -0.2) is 22.6 Å². The Morgan fingerprint density at radius 1 is 1.03 bits per heavy atom. The van der Waals surface area contributed by atoms with Crippen LogP contribution in [0.2, 0.25) is 5.02 Å². The molecule has 7 nitrogen and oxygen atoms in total. The van der Waals surface area contributed by atoms with Crippen LogP contribution < -0.4 is 21.5 Å². The van der Waals surface area contributed by atoms with E-state index in [1.54, 1.807) is 36.0 Å². The molecule has 0 unspecified atom stereocenters. The summed E-state index contributed by atoms with van der Waals surface area (Å²) >= 11 is 6.30. The predicted molar refractivity (Wildman–Crippen MR) is 131 cm³/mol. The van der Waals surface area contributed by atoms with Crippen LogP contribution in [0.4, 0.5) is 30.8 Å². The number of para-hydroxylation sites is 1. The normalized spacial score (nSPS) is 10.9. The van der Waals surface area contributed by atoms with E-state index in [9.17, 15) is 18.4 Å². The largest absolute Gasteiger partial charge is 0.373 e. The number of carbonyl (C=O) groups is 1. The van der Waals surface area contributed by atoms with Gasteiger partial charge < -0.3 is 20.5 Å². The minimum absolute atomic E-state index is 0.00327. The van der Waals surface area contributed by atoms with E-state index in [-0.39, 0.29) is 33.1 Å². The number of hydrogen-bond donors (Lipinski definition) is 3. The summed E-state index contributed by atoms with van der Waals surface area (Å²) in [4.78, 5) is 29.9. The number of benzene rings is 2. The van der Waals surface area contributed by atoms with Crippen LogP contribution in [0.3, 0.4) is 0 Å². The third-order valence-electron chi connectivity index (χ3n) is 5.27. The van der Waals surface area contributed by atoms with Crippen molar-refractivity contribution in [3.63, 3.8) is 0 Å². The summed E-state index contributed by atoms with van der Waals surface area (Å²) < 4.78 is 30.0. The molecule has 0 fully saturated rings. The first-order valence-corrected chi connectivity index (χ1v) is 10.7. The number of aryl methyl sites for hydroxylation is 1. The van der Waals surface area contributed by atoms with Crippen molar-refractivity contribution in [2.75, 3.05) is 23.0 Å². The van der Waals surface area contributed by atoms with E-state index in [2.05, 4.69) is 20.9 Å². The lowest BCUT2D eigenvalue weighted by atomic mass is 10.0. The van der Waals surface area contributed by atoms with E-state index in [0.29, 0.717) is 23.3 Å². The van der Waals surface area contributed by atoms with Gasteiger partial charge in [0.05, 0.1) is 21.9 Å². The lowest BCUT2D eigenvalue weighted by Gasteiger charge is -2.15. The topological polar surface area (TPSA) is 88.1 Å². The quantitative estimate of drug-likeness (QED) is 0.340. The number of aromatic nitrogens is 2. The summed E-state index contributed by atoms with van der Waals surface area (Å²) in [5, 5.41) is 8.28. The van der Waals surface area contributed by atoms with Crippen molar-refractivity contribution < 1.29 is 13.6 Å². The molecule has 2 aromatic carbocycles. The number of carbonyl (C=O) groups excluding carboxylic acids is 1. The number of urea groups is 1. The van der Waals surface area contributed by atoms with Gasteiger partial charge in [-0.15, -0.1) is 0 Å². The van der Waals surface area contributed by atoms with Crippen molar-refractivity contribution in [2.45, 2.75) is 13.5 Å². The number of nitrogens with one attached hydrogen (secondary N) is 3. The zero-order valence-electron chi connectivity index (χ0n) is 18.2.